The lowest BCUT2D eigenvalue weighted by Crippen LogP contribution is -2.65. The number of fused-ring (bicyclic) bond motifs is 4. The highest BCUT2D eigenvalue weighted by Crippen LogP contribution is 2.79. The summed E-state index contributed by atoms with van der Waals surface area (Å²) in [5, 5.41) is 10.9. The molecule has 4 aliphatic carbocycles. The molecule has 9 atom stereocenters. The van der Waals surface area contributed by atoms with E-state index >= 15 is 0 Å². The molecule has 5 fully saturated rings. The summed E-state index contributed by atoms with van der Waals surface area (Å²) in [5.74, 6) is 2.04. The van der Waals surface area contributed by atoms with Crippen LogP contribution in [-0.2, 0) is 9.47 Å². The second-order valence-corrected chi connectivity index (χ2v) is 14.3. The molecule has 2 spiro atoms. The Kier molecular flexibility index (Phi) is 4.68. The van der Waals surface area contributed by atoms with E-state index in [4.69, 9.17) is 9.47 Å². The predicted octanol–water partition coefficient (Wildman–Crippen LogP) is 6.66. The van der Waals surface area contributed by atoms with Crippen molar-refractivity contribution in [3.8, 4) is 0 Å². The van der Waals surface area contributed by atoms with Gasteiger partial charge in [0.25, 0.3) is 0 Å². The van der Waals surface area contributed by atoms with Crippen LogP contribution < -0.4 is 0 Å². The maximum atomic E-state index is 10.9. The first-order valence-corrected chi connectivity index (χ1v) is 13.7. The Balaban J connectivity index is 1.42. The first-order valence-electron chi connectivity index (χ1n) is 13.7. The van der Waals surface area contributed by atoms with E-state index in [2.05, 4.69) is 54.5 Å². The number of allylic oxidation sites excluding steroid dienone is 1. The van der Waals surface area contributed by atoms with Crippen LogP contribution in [0, 0.1) is 45.3 Å². The number of rotatable bonds is 1. The van der Waals surface area contributed by atoms with E-state index in [1.54, 1.807) is 0 Å². The zero-order valence-corrected chi connectivity index (χ0v) is 22.1. The van der Waals surface area contributed by atoms with Crippen LogP contribution in [0.2, 0.25) is 0 Å². The lowest BCUT2D eigenvalue weighted by atomic mass is 9.35. The molecule has 3 heteroatoms. The SMILES string of the molecule is CC(C)=CC1=C(C)C2C3CCC4C5(C)CCC(O)C(C)(C)C5CCC4(C)C34COC2(C4)OC1. The van der Waals surface area contributed by atoms with Crippen LogP contribution in [0.15, 0.2) is 22.8 Å². The first-order chi connectivity index (χ1) is 15.4. The molecule has 184 valence electrons. The largest absolute Gasteiger partial charge is 0.393 e. The van der Waals surface area contributed by atoms with Crippen molar-refractivity contribution in [1.29, 1.82) is 0 Å². The molecule has 0 aromatic rings. The van der Waals surface area contributed by atoms with Gasteiger partial charge in [-0.25, -0.2) is 0 Å². The maximum absolute atomic E-state index is 10.9. The number of hydrogen-bond donors (Lipinski definition) is 1. The molecule has 2 aliphatic heterocycles. The second-order valence-electron chi connectivity index (χ2n) is 14.3. The van der Waals surface area contributed by atoms with Gasteiger partial charge in [0.1, 0.15) is 0 Å². The number of hydrogen-bond acceptors (Lipinski definition) is 3. The Labute approximate surface area is 201 Å². The molecule has 9 unspecified atom stereocenters. The minimum Gasteiger partial charge on any atom is -0.393 e. The van der Waals surface area contributed by atoms with Gasteiger partial charge in [-0.1, -0.05) is 44.9 Å². The van der Waals surface area contributed by atoms with Crippen LogP contribution in [0.4, 0.5) is 0 Å². The van der Waals surface area contributed by atoms with Crippen LogP contribution in [0.25, 0.3) is 0 Å². The Morgan fingerprint density at radius 3 is 2.45 bits per heavy atom. The lowest BCUT2D eigenvalue weighted by Gasteiger charge is -2.70. The molecule has 6 rings (SSSR count). The van der Waals surface area contributed by atoms with Crippen molar-refractivity contribution in [2.45, 2.75) is 105 Å². The fraction of sp³-hybridized carbons (Fsp3) is 0.867. The Morgan fingerprint density at radius 1 is 0.970 bits per heavy atom. The fourth-order valence-electron chi connectivity index (χ4n) is 11.1. The van der Waals surface area contributed by atoms with E-state index < -0.39 is 0 Å². The van der Waals surface area contributed by atoms with Gasteiger partial charge in [0, 0.05) is 17.8 Å². The molecule has 0 amide bonds. The van der Waals surface area contributed by atoms with Crippen LogP contribution in [-0.4, -0.2) is 30.2 Å². The van der Waals surface area contributed by atoms with Crippen LogP contribution in [0.3, 0.4) is 0 Å². The van der Waals surface area contributed by atoms with Crippen molar-refractivity contribution < 1.29 is 14.6 Å². The van der Waals surface area contributed by atoms with E-state index in [1.807, 2.05) is 0 Å². The Morgan fingerprint density at radius 2 is 1.73 bits per heavy atom. The number of aliphatic hydroxyl groups excluding tert-OH is 1. The smallest absolute Gasteiger partial charge is 0.176 e. The van der Waals surface area contributed by atoms with Gasteiger partial charge >= 0.3 is 0 Å². The fourth-order valence-corrected chi connectivity index (χ4v) is 11.1. The molecule has 0 radical (unpaired) electrons. The molecule has 2 bridgehead atoms. The summed E-state index contributed by atoms with van der Waals surface area (Å²) in [6.45, 7) is 18.3. The number of aliphatic hydroxyl groups is 1. The standard InChI is InChI=1S/C30H46O3/c1-18(2)14-20-15-32-30-16-29(17-33-30)21(25(30)19(20)3)8-9-23-27(6)12-11-24(31)26(4,5)22(27)10-13-28(23,29)7/h14,21-25,31H,8-13,15-17H2,1-7H3. The van der Waals surface area contributed by atoms with E-state index in [1.165, 1.54) is 48.8 Å². The molecular weight excluding hydrogens is 408 g/mol. The Hall–Kier alpha value is -0.640. The van der Waals surface area contributed by atoms with Crippen molar-refractivity contribution in [3.05, 3.63) is 22.8 Å². The van der Waals surface area contributed by atoms with Gasteiger partial charge in [-0.15, -0.1) is 0 Å². The van der Waals surface area contributed by atoms with Crippen molar-refractivity contribution >= 4 is 0 Å². The average Bonchev–Trinajstić information content (AvgIpc) is 3.26. The summed E-state index contributed by atoms with van der Waals surface area (Å²) >= 11 is 0. The van der Waals surface area contributed by atoms with E-state index in [0.29, 0.717) is 41.1 Å². The molecule has 0 aromatic heterocycles. The quantitative estimate of drug-likeness (QED) is 0.481. The summed E-state index contributed by atoms with van der Waals surface area (Å²) in [7, 11) is 0. The normalized spacial score (nSPS) is 54.2. The van der Waals surface area contributed by atoms with Gasteiger partial charge in [-0.3, -0.25) is 0 Å². The number of ether oxygens (including phenoxy) is 2. The van der Waals surface area contributed by atoms with Gasteiger partial charge in [0.15, 0.2) is 5.79 Å². The summed E-state index contributed by atoms with van der Waals surface area (Å²) in [4.78, 5) is 0. The molecule has 1 N–H and O–H groups in total. The van der Waals surface area contributed by atoms with Crippen molar-refractivity contribution in [2.24, 2.45) is 45.3 Å². The monoisotopic (exact) mass is 454 g/mol. The maximum Gasteiger partial charge on any atom is 0.176 e. The van der Waals surface area contributed by atoms with Gasteiger partial charge in [-0.05, 0) is 98.9 Å². The van der Waals surface area contributed by atoms with Crippen LogP contribution >= 0.6 is 0 Å². The third-order valence-electron chi connectivity index (χ3n) is 12.6. The van der Waals surface area contributed by atoms with Gasteiger partial charge in [0.05, 0.1) is 19.3 Å². The van der Waals surface area contributed by atoms with Gasteiger partial charge < -0.3 is 14.6 Å². The molecule has 4 saturated carbocycles. The van der Waals surface area contributed by atoms with Gasteiger partial charge in [-0.2, -0.15) is 0 Å². The Bertz CT molecular complexity index is 927. The lowest BCUT2D eigenvalue weighted by molar-refractivity contribution is -0.272. The van der Waals surface area contributed by atoms with E-state index in [9.17, 15) is 5.11 Å². The zero-order valence-electron chi connectivity index (χ0n) is 22.1. The van der Waals surface area contributed by atoms with Crippen molar-refractivity contribution in [2.75, 3.05) is 13.2 Å². The third-order valence-corrected chi connectivity index (χ3v) is 12.6. The minimum absolute atomic E-state index is 0.0155. The predicted molar refractivity (Wildman–Crippen MR) is 131 cm³/mol. The van der Waals surface area contributed by atoms with Crippen molar-refractivity contribution in [1.82, 2.24) is 0 Å². The molecule has 2 heterocycles. The molecule has 1 saturated heterocycles. The summed E-state index contributed by atoms with van der Waals surface area (Å²) in [5.41, 5.74) is 5.14. The van der Waals surface area contributed by atoms with Crippen molar-refractivity contribution in [3.63, 3.8) is 0 Å². The molecule has 33 heavy (non-hydrogen) atoms. The van der Waals surface area contributed by atoms with Gasteiger partial charge in [0.2, 0.25) is 0 Å². The van der Waals surface area contributed by atoms with E-state index in [-0.39, 0.29) is 22.7 Å². The second kappa shape index (κ2) is 6.77. The highest BCUT2D eigenvalue weighted by molar-refractivity contribution is 5.37. The zero-order chi connectivity index (χ0) is 23.6. The first kappa shape index (κ1) is 22.8. The molecule has 6 aliphatic rings. The summed E-state index contributed by atoms with van der Waals surface area (Å²) < 4.78 is 13.4. The summed E-state index contributed by atoms with van der Waals surface area (Å²) in [6.07, 6.45) is 10.6. The minimum atomic E-state index is -0.384. The summed E-state index contributed by atoms with van der Waals surface area (Å²) in [6, 6.07) is 0. The molecule has 0 aromatic carbocycles. The molecule has 3 nitrogen and oxygen atoms in total. The topological polar surface area (TPSA) is 38.7 Å². The molecular formula is C30H46O3. The van der Waals surface area contributed by atoms with Crippen LogP contribution in [0.1, 0.15) is 93.4 Å². The average molecular weight is 455 g/mol. The van der Waals surface area contributed by atoms with Crippen LogP contribution in [0.5, 0.6) is 0 Å². The highest BCUT2D eigenvalue weighted by atomic mass is 16.7. The highest BCUT2D eigenvalue weighted by Gasteiger charge is 2.78. The van der Waals surface area contributed by atoms with E-state index in [0.717, 1.165) is 19.4 Å². The third kappa shape index (κ3) is 2.58.